The van der Waals surface area contributed by atoms with Crippen LogP contribution in [0.25, 0.3) is 11.0 Å². The van der Waals surface area contributed by atoms with Gasteiger partial charge in [-0.3, -0.25) is 4.99 Å². The van der Waals surface area contributed by atoms with Crippen LogP contribution in [0.2, 0.25) is 0 Å². The molecule has 3 aromatic rings. The summed E-state index contributed by atoms with van der Waals surface area (Å²) in [5, 5.41) is 16.6. The minimum absolute atomic E-state index is 0.554. The zero-order valence-electron chi connectivity index (χ0n) is 14.3. The van der Waals surface area contributed by atoms with Crippen molar-refractivity contribution >= 4 is 16.9 Å². The minimum atomic E-state index is 0.554. The molecule has 5 heteroatoms. The number of para-hydroxylation sites is 1. The maximum absolute atomic E-state index is 8.96. The number of nitriles is 1. The lowest BCUT2D eigenvalue weighted by Gasteiger charge is -2.11. The summed E-state index contributed by atoms with van der Waals surface area (Å²) in [6.07, 6.45) is 0. The number of aliphatic imine (C=N–C) groups is 1. The lowest BCUT2D eigenvalue weighted by Crippen LogP contribution is -2.36. The van der Waals surface area contributed by atoms with E-state index in [0.717, 1.165) is 27.9 Å². The molecule has 0 saturated carbocycles. The minimum Gasteiger partial charge on any atom is -0.459 e. The van der Waals surface area contributed by atoms with E-state index in [1.807, 2.05) is 36.4 Å². The van der Waals surface area contributed by atoms with E-state index in [0.29, 0.717) is 24.6 Å². The zero-order chi connectivity index (χ0) is 17.6. The summed E-state index contributed by atoms with van der Waals surface area (Å²) < 4.78 is 5.91. The number of benzene rings is 2. The highest BCUT2D eigenvalue weighted by Crippen LogP contribution is 2.24. The Labute approximate surface area is 147 Å². The number of rotatable bonds is 4. The first-order valence-corrected chi connectivity index (χ1v) is 8.12. The summed E-state index contributed by atoms with van der Waals surface area (Å²) in [5.74, 6) is 1.58. The molecule has 126 valence electrons. The fourth-order valence-electron chi connectivity index (χ4n) is 2.71. The Bertz CT molecular complexity index is 950. The molecule has 3 rings (SSSR count). The van der Waals surface area contributed by atoms with Gasteiger partial charge in [0.05, 0.1) is 18.2 Å². The Morgan fingerprint density at radius 1 is 1.12 bits per heavy atom. The standard InChI is InChI=1S/C20H20N4O/c1-14-17-8-3-4-9-18(17)25-19(14)13-24-20(22-2)23-12-16-7-5-6-15(10-16)11-21/h3-10H,12-13H2,1-2H3,(H2,22,23,24). The number of hydrogen-bond donors (Lipinski definition) is 2. The smallest absolute Gasteiger partial charge is 0.191 e. The highest BCUT2D eigenvalue weighted by molar-refractivity contribution is 5.82. The molecule has 1 heterocycles. The molecule has 0 bridgehead atoms. The maximum Gasteiger partial charge on any atom is 0.191 e. The van der Waals surface area contributed by atoms with Gasteiger partial charge in [0.2, 0.25) is 0 Å². The van der Waals surface area contributed by atoms with E-state index in [1.54, 1.807) is 13.1 Å². The van der Waals surface area contributed by atoms with Crippen LogP contribution in [0, 0.1) is 18.3 Å². The molecular weight excluding hydrogens is 312 g/mol. The molecule has 1 aromatic heterocycles. The fourth-order valence-corrected chi connectivity index (χ4v) is 2.71. The van der Waals surface area contributed by atoms with Crippen LogP contribution in [0.5, 0.6) is 0 Å². The van der Waals surface area contributed by atoms with Crippen LogP contribution in [-0.2, 0) is 13.1 Å². The van der Waals surface area contributed by atoms with Crippen molar-refractivity contribution in [2.45, 2.75) is 20.0 Å². The number of fused-ring (bicyclic) bond motifs is 1. The Balaban J connectivity index is 1.62. The third-order valence-corrected chi connectivity index (χ3v) is 4.10. The van der Waals surface area contributed by atoms with E-state index < -0.39 is 0 Å². The average Bonchev–Trinajstić information content (AvgIpc) is 2.98. The summed E-state index contributed by atoms with van der Waals surface area (Å²) in [6, 6.07) is 17.7. The first kappa shape index (κ1) is 16.6. The van der Waals surface area contributed by atoms with Crippen LogP contribution < -0.4 is 10.6 Å². The Morgan fingerprint density at radius 3 is 2.68 bits per heavy atom. The van der Waals surface area contributed by atoms with Gasteiger partial charge in [-0.15, -0.1) is 0 Å². The second-order valence-corrected chi connectivity index (χ2v) is 5.74. The first-order valence-electron chi connectivity index (χ1n) is 8.12. The maximum atomic E-state index is 8.96. The highest BCUT2D eigenvalue weighted by Gasteiger charge is 2.10. The number of aryl methyl sites for hydroxylation is 1. The van der Waals surface area contributed by atoms with Crippen molar-refractivity contribution in [3.05, 3.63) is 71.0 Å². The number of nitrogens with zero attached hydrogens (tertiary/aromatic N) is 2. The lowest BCUT2D eigenvalue weighted by atomic mass is 10.1. The largest absolute Gasteiger partial charge is 0.459 e. The SMILES string of the molecule is CN=C(NCc1cccc(C#N)c1)NCc1oc2ccccc2c1C. The van der Waals surface area contributed by atoms with Gasteiger partial charge in [-0.1, -0.05) is 30.3 Å². The van der Waals surface area contributed by atoms with E-state index in [-0.39, 0.29) is 0 Å². The topological polar surface area (TPSA) is 73.3 Å². The molecule has 0 amide bonds. The molecule has 5 nitrogen and oxygen atoms in total. The molecule has 0 radical (unpaired) electrons. The number of nitrogens with one attached hydrogen (secondary N) is 2. The number of furan rings is 1. The normalized spacial score (nSPS) is 11.3. The predicted molar refractivity (Wildman–Crippen MR) is 99.1 cm³/mol. The van der Waals surface area contributed by atoms with Crippen LogP contribution >= 0.6 is 0 Å². The summed E-state index contributed by atoms with van der Waals surface area (Å²) in [7, 11) is 1.73. The van der Waals surface area contributed by atoms with Crippen molar-refractivity contribution in [3.8, 4) is 6.07 Å². The van der Waals surface area contributed by atoms with Gasteiger partial charge in [0, 0.05) is 24.5 Å². The fraction of sp³-hybridized carbons (Fsp3) is 0.200. The van der Waals surface area contributed by atoms with E-state index in [4.69, 9.17) is 9.68 Å². The Kier molecular flexibility index (Phi) is 5.00. The average molecular weight is 332 g/mol. The van der Waals surface area contributed by atoms with Crippen LogP contribution in [0.1, 0.15) is 22.5 Å². The second kappa shape index (κ2) is 7.54. The van der Waals surface area contributed by atoms with Crippen molar-refractivity contribution < 1.29 is 4.42 Å². The van der Waals surface area contributed by atoms with Gasteiger partial charge in [-0.25, -0.2) is 0 Å². The molecule has 0 spiro atoms. The van der Waals surface area contributed by atoms with Gasteiger partial charge >= 0.3 is 0 Å². The summed E-state index contributed by atoms with van der Waals surface area (Å²) in [6.45, 7) is 3.21. The van der Waals surface area contributed by atoms with Gasteiger partial charge in [0.15, 0.2) is 5.96 Å². The van der Waals surface area contributed by atoms with E-state index in [2.05, 4.69) is 34.7 Å². The van der Waals surface area contributed by atoms with Crippen molar-refractivity contribution in [1.29, 1.82) is 5.26 Å². The molecule has 0 aliphatic carbocycles. The van der Waals surface area contributed by atoms with Crippen LogP contribution in [0.15, 0.2) is 57.9 Å². The monoisotopic (exact) mass is 332 g/mol. The third-order valence-electron chi connectivity index (χ3n) is 4.10. The van der Waals surface area contributed by atoms with E-state index in [1.165, 1.54) is 0 Å². The molecule has 0 aliphatic heterocycles. The predicted octanol–water partition coefficient (Wildman–Crippen LogP) is 3.48. The van der Waals surface area contributed by atoms with Crippen LogP contribution in [0.4, 0.5) is 0 Å². The van der Waals surface area contributed by atoms with Gasteiger partial charge in [0.1, 0.15) is 11.3 Å². The van der Waals surface area contributed by atoms with Crippen molar-refractivity contribution in [2.24, 2.45) is 4.99 Å². The Hall–Kier alpha value is -3.26. The molecule has 0 saturated heterocycles. The van der Waals surface area contributed by atoms with E-state index >= 15 is 0 Å². The van der Waals surface area contributed by atoms with E-state index in [9.17, 15) is 0 Å². The third kappa shape index (κ3) is 3.81. The van der Waals surface area contributed by atoms with Gasteiger partial charge in [-0.2, -0.15) is 5.26 Å². The van der Waals surface area contributed by atoms with Gasteiger partial charge < -0.3 is 15.1 Å². The quantitative estimate of drug-likeness (QED) is 0.567. The molecule has 0 atom stereocenters. The lowest BCUT2D eigenvalue weighted by molar-refractivity contribution is 0.534. The van der Waals surface area contributed by atoms with Crippen LogP contribution in [0.3, 0.4) is 0 Å². The molecule has 25 heavy (non-hydrogen) atoms. The molecule has 2 N–H and O–H groups in total. The molecule has 0 aliphatic rings. The molecule has 2 aromatic carbocycles. The van der Waals surface area contributed by atoms with Gasteiger partial charge in [-0.05, 0) is 30.7 Å². The van der Waals surface area contributed by atoms with Gasteiger partial charge in [0.25, 0.3) is 0 Å². The van der Waals surface area contributed by atoms with Crippen molar-refractivity contribution in [3.63, 3.8) is 0 Å². The molecular formula is C20H20N4O. The molecule has 0 fully saturated rings. The van der Waals surface area contributed by atoms with Crippen molar-refractivity contribution in [2.75, 3.05) is 7.05 Å². The summed E-state index contributed by atoms with van der Waals surface area (Å²) in [4.78, 5) is 4.23. The number of guanidine groups is 1. The molecule has 0 unspecified atom stereocenters. The Morgan fingerprint density at radius 2 is 1.92 bits per heavy atom. The first-order chi connectivity index (χ1) is 12.2. The summed E-state index contributed by atoms with van der Waals surface area (Å²) >= 11 is 0. The highest BCUT2D eigenvalue weighted by atomic mass is 16.3. The zero-order valence-corrected chi connectivity index (χ0v) is 14.3. The number of hydrogen-bond acceptors (Lipinski definition) is 3. The summed E-state index contributed by atoms with van der Waals surface area (Å²) in [5.41, 5.74) is 3.72. The van der Waals surface area contributed by atoms with Crippen LogP contribution in [-0.4, -0.2) is 13.0 Å². The van der Waals surface area contributed by atoms with Crippen molar-refractivity contribution in [1.82, 2.24) is 10.6 Å². The second-order valence-electron chi connectivity index (χ2n) is 5.74.